The molecule has 33 heavy (non-hydrogen) atoms. The lowest BCUT2D eigenvalue weighted by Gasteiger charge is -2.46. The van der Waals surface area contributed by atoms with Crippen molar-refractivity contribution in [1.29, 1.82) is 0 Å². The molecule has 1 fully saturated rings. The summed E-state index contributed by atoms with van der Waals surface area (Å²) < 4.78 is 60.5. The van der Waals surface area contributed by atoms with E-state index in [0.29, 0.717) is 29.8 Å². The van der Waals surface area contributed by atoms with Crippen LogP contribution in [0, 0.1) is 5.82 Å². The Balaban J connectivity index is 1.30. The third-order valence-corrected chi connectivity index (χ3v) is 6.15. The van der Waals surface area contributed by atoms with Crippen molar-refractivity contribution in [3.63, 3.8) is 0 Å². The van der Waals surface area contributed by atoms with E-state index in [1.807, 2.05) is 12.3 Å². The first kappa shape index (κ1) is 21.6. The van der Waals surface area contributed by atoms with Gasteiger partial charge in [0, 0.05) is 48.6 Å². The Bertz CT molecular complexity index is 1170. The van der Waals surface area contributed by atoms with Gasteiger partial charge >= 0.3 is 5.92 Å². The van der Waals surface area contributed by atoms with Gasteiger partial charge in [-0.3, -0.25) is 9.58 Å². The minimum absolute atomic E-state index is 0.189. The van der Waals surface area contributed by atoms with Crippen molar-refractivity contribution in [3.8, 4) is 11.1 Å². The predicted octanol–water partition coefficient (Wildman–Crippen LogP) is 4.63. The maximum atomic E-state index is 14.9. The van der Waals surface area contributed by atoms with Crippen LogP contribution in [0.1, 0.15) is 17.5 Å². The van der Waals surface area contributed by atoms with E-state index >= 15 is 0 Å². The molecular formula is C24H22F4N4O. The fourth-order valence-corrected chi connectivity index (χ4v) is 4.37. The lowest BCUT2D eigenvalue weighted by molar-refractivity contribution is -0.202. The molecule has 0 aliphatic carbocycles. The van der Waals surface area contributed by atoms with Gasteiger partial charge in [0.05, 0.1) is 12.3 Å². The molecular weight excluding hydrogens is 436 g/mol. The van der Waals surface area contributed by atoms with Crippen molar-refractivity contribution in [2.45, 2.75) is 30.7 Å². The highest BCUT2D eigenvalue weighted by atomic mass is 19.3. The lowest BCUT2D eigenvalue weighted by Crippen LogP contribution is -2.65. The van der Waals surface area contributed by atoms with E-state index in [4.69, 9.17) is 4.84 Å². The van der Waals surface area contributed by atoms with Crippen LogP contribution in [-0.2, 0) is 17.3 Å². The minimum Gasteiger partial charge on any atom is -0.390 e. The van der Waals surface area contributed by atoms with Crippen molar-refractivity contribution in [3.05, 3.63) is 77.9 Å². The van der Waals surface area contributed by atoms with Crippen molar-refractivity contribution in [2.75, 3.05) is 20.1 Å². The molecule has 0 spiro atoms. The highest BCUT2D eigenvalue weighted by molar-refractivity contribution is 6.01. The third kappa shape index (κ3) is 3.90. The number of oxime groups is 1. The largest absolute Gasteiger partial charge is 0.390 e. The molecule has 0 radical (unpaired) electrons. The summed E-state index contributed by atoms with van der Waals surface area (Å²) in [6, 6.07) is 11.6. The van der Waals surface area contributed by atoms with Crippen LogP contribution < -0.4 is 0 Å². The zero-order valence-electron chi connectivity index (χ0n) is 17.9. The van der Waals surface area contributed by atoms with E-state index in [0.717, 1.165) is 12.1 Å². The maximum absolute atomic E-state index is 14.9. The summed E-state index contributed by atoms with van der Waals surface area (Å²) in [4.78, 5) is 6.94. The number of benzene rings is 2. The fraction of sp³-hybridized carbons (Fsp3) is 0.333. The Morgan fingerprint density at radius 3 is 2.48 bits per heavy atom. The monoisotopic (exact) mass is 458 g/mol. The van der Waals surface area contributed by atoms with Crippen LogP contribution >= 0.6 is 0 Å². The van der Waals surface area contributed by atoms with E-state index in [2.05, 4.69) is 10.3 Å². The molecule has 1 saturated heterocycles. The number of hydrogen-bond acceptors (Lipinski definition) is 4. The first-order valence-corrected chi connectivity index (χ1v) is 10.6. The lowest BCUT2D eigenvalue weighted by atomic mass is 9.84. The van der Waals surface area contributed by atoms with Gasteiger partial charge in [0.15, 0.2) is 6.10 Å². The van der Waals surface area contributed by atoms with Crippen LogP contribution in [-0.4, -0.2) is 52.3 Å². The van der Waals surface area contributed by atoms with Gasteiger partial charge in [0.25, 0.3) is 0 Å². The number of likely N-dealkylation sites (tertiary alicyclic amines) is 1. The van der Waals surface area contributed by atoms with E-state index in [-0.39, 0.29) is 24.8 Å². The molecule has 172 valence electrons. The van der Waals surface area contributed by atoms with Crippen molar-refractivity contribution < 1.29 is 22.4 Å². The number of rotatable bonds is 6. The fourth-order valence-electron chi connectivity index (χ4n) is 4.37. The van der Waals surface area contributed by atoms with Crippen LogP contribution in [0.3, 0.4) is 0 Å². The number of alkyl halides is 3. The Hall–Kier alpha value is -3.20. The van der Waals surface area contributed by atoms with Crippen LogP contribution in [0.25, 0.3) is 11.1 Å². The highest BCUT2D eigenvalue weighted by Crippen LogP contribution is 2.46. The Morgan fingerprint density at radius 1 is 1.12 bits per heavy atom. The molecule has 1 atom stereocenters. The maximum Gasteiger partial charge on any atom is 0.309 e. The topological polar surface area (TPSA) is 42.6 Å². The van der Waals surface area contributed by atoms with Gasteiger partial charge in [-0.1, -0.05) is 41.6 Å². The standard InChI is InChI=1S/C24H22F4N4O/c1-31-14-23(26,15-31)24(27,28)18-6-3-16(4-7-18)20-8-5-17(11-21(20)25)22-12-19(33-30-22)13-32-10-2-9-29-32/h2-11,19H,12-15H2,1H3/t19-/m1/s1. The van der Waals surface area contributed by atoms with Crippen LogP contribution in [0.15, 0.2) is 66.1 Å². The molecule has 5 rings (SSSR count). The number of halogens is 4. The second-order valence-electron chi connectivity index (χ2n) is 8.68. The minimum atomic E-state index is -3.62. The Kier molecular flexibility index (Phi) is 5.23. The zero-order valence-corrected chi connectivity index (χ0v) is 17.9. The van der Waals surface area contributed by atoms with Crippen LogP contribution in [0.4, 0.5) is 17.6 Å². The molecule has 0 amide bonds. The first-order chi connectivity index (χ1) is 15.7. The SMILES string of the molecule is CN1CC(F)(C(F)(F)c2ccc(-c3ccc(C4=NO[C@@H](Cn5cccn5)C4)cc3F)cc2)C1. The molecule has 0 N–H and O–H groups in total. The van der Waals surface area contributed by atoms with Crippen molar-refractivity contribution in [2.24, 2.45) is 5.16 Å². The summed E-state index contributed by atoms with van der Waals surface area (Å²) in [5.41, 5.74) is -1.09. The first-order valence-electron chi connectivity index (χ1n) is 10.6. The molecule has 2 aliphatic heterocycles. The highest BCUT2D eigenvalue weighted by Gasteiger charge is 2.61. The van der Waals surface area contributed by atoms with Gasteiger partial charge in [-0.25, -0.2) is 8.78 Å². The van der Waals surface area contributed by atoms with Gasteiger partial charge in [0.1, 0.15) is 5.82 Å². The summed E-state index contributed by atoms with van der Waals surface area (Å²) in [7, 11) is 1.59. The van der Waals surface area contributed by atoms with Crippen LogP contribution in [0.5, 0.6) is 0 Å². The summed E-state index contributed by atoms with van der Waals surface area (Å²) in [6.07, 6.45) is 3.84. The average molecular weight is 458 g/mol. The molecule has 2 aliphatic rings. The number of nitrogens with zero attached hydrogens (tertiary/aromatic N) is 4. The third-order valence-electron chi connectivity index (χ3n) is 6.15. The number of hydrogen-bond donors (Lipinski definition) is 0. The van der Waals surface area contributed by atoms with Gasteiger partial charge in [-0.15, -0.1) is 0 Å². The molecule has 5 nitrogen and oxygen atoms in total. The molecule has 3 aromatic rings. The summed E-state index contributed by atoms with van der Waals surface area (Å²) >= 11 is 0. The second kappa shape index (κ2) is 7.98. The summed E-state index contributed by atoms with van der Waals surface area (Å²) in [6.45, 7) is -0.115. The van der Waals surface area contributed by atoms with E-state index < -0.39 is 23.0 Å². The molecule has 9 heteroatoms. The molecule has 0 bridgehead atoms. The summed E-state index contributed by atoms with van der Waals surface area (Å²) in [5, 5.41) is 8.22. The smallest absolute Gasteiger partial charge is 0.309 e. The quantitative estimate of drug-likeness (QED) is 0.506. The van der Waals surface area contributed by atoms with Gasteiger partial charge in [-0.05, 0) is 24.7 Å². The average Bonchev–Trinajstić information content (AvgIpc) is 3.45. The van der Waals surface area contributed by atoms with Gasteiger partial charge < -0.3 is 4.84 Å². The van der Waals surface area contributed by atoms with E-state index in [1.165, 1.54) is 23.1 Å². The Labute approximate surface area is 188 Å². The van der Waals surface area contributed by atoms with E-state index in [1.54, 1.807) is 30.1 Å². The van der Waals surface area contributed by atoms with Gasteiger partial charge in [0.2, 0.25) is 5.67 Å². The Morgan fingerprint density at radius 2 is 1.85 bits per heavy atom. The molecule has 1 aromatic heterocycles. The molecule has 2 aromatic carbocycles. The number of aromatic nitrogens is 2. The summed E-state index contributed by atoms with van der Waals surface area (Å²) in [5.74, 6) is -4.12. The second-order valence-corrected chi connectivity index (χ2v) is 8.68. The van der Waals surface area contributed by atoms with E-state index in [9.17, 15) is 17.6 Å². The molecule has 3 heterocycles. The normalized spacial score (nSPS) is 20.3. The predicted molar refractivity (Wildman–Crippen MR) is 115 cm³/mol. The van der Waals surface area contributed by atoms with Crippen LogP contribution in [0.2, 0.25) is 0 Å². The van der Waals surface area contributed by atoms with Gasteiger partial charge in [-0.2, -0.15) is 13.9 Å². The molecule has 0 unspecified atom stereocenters. The van der Waals surface area contributed by atoms with Crippen molar-refractivity contribution >= 4 is 5.71 Å². The molecule has 0 saturated carbocycles. The zero-order chi connectivity index (χ0) is 23.2. The van der Waals surface area contributed by atoms with Crippen molar-refractivity contribution in [1.82, 2.24) is 14.7 Å².